The van der Waals surface area contributed by atoms with Gasteiger partial charge in [-0.25, -0.2) is 4.68 Å². The van der Waals surface area contributed by atoms with E-state index in [0.717, 1.165) is 22.3 Å². The van der Waals surface area contributed by atoms with E-state index in [-0.39, 0.29) is 5.91 Å². The number of hydrogen-bond acceptors (Lipinski definition) is 3. The first kappa shape index (κ1) is 18.4. The minimum Gasteiger partial charge on any atom is -0.387 e. The van der Waals surface area contributed by atoms with E-state index in [0.29, 0.717) is 51.8 Å². The Morgan fingerprint density at radius 3 is 2.81 bits per heavy atom. The van der Waals surface area contributed by atoms with Gasteiger partial charge in [-0.15, -0.1) is 0 Å². The zero-order valence-corrected chi connectivity index (χ0v) is 15.6. The van der Waals surface area contributed by atoms with E-state index in [2.05, 4.69) is 5.10 Å². The summed E-state index contributed by atoms with van der Waals surface area (Å²) in [6.07, 6.45) is 3.91. The summed E-state index contributed by atoms with van der Waals surface area (Å²) in [7, 11) is 0. The molecular weight excluding hydrogens is 399 g/mol. The summed E-state index contributed by atoms with van der Waals surface area (Å²) in [4.78, 5) is 13.5. The van der Waals surface area contributed by atoms with Crippen LogP contribution in [0.5, 0.6) is 0 Å². The molecule has 1 aromatic carbocycles. The minimum atomic E-state index is -2.74. The van der Waals surface area contributed by atoms with Crippen LogP contribution < -0.4 is 0 Å². The van der Waals surface area contributed by atoms with E-state index in [4.69, 9.17) is 28.3 Å². The van der Waals surface area contributed by atoms with Gasteiger partial charge >= 0.3 is 6.55 Å². The van der Waals surface area contributed by atoms with Crippen LogP contribution in [-0.2, 0) is 11.2 Å². The van der Waals surface area contributed by atoms with Crippen LogP contribution in [-0.4, -0.2) is 45.4 Å². The number of alkyl halides is 2. The van der Waals surface area contributed by atoms with Gasteiger partial charge in [0, 0.05) is 24.8 Å². The fourth-order valence-electron chi connectivity index (χ4n) is 3.78. The fraction of sp³-hybridized carbons (Fsp3) is 0.333. The summed E-state index contributed by atoms with van der Waals surface area (Å²) in [6, 6.07) is 1.65. The van der Waals surface area contributed by atoms with Crippen LogP contribution in [0.25, 0.3) is 16.7 Å². The first-order chi connectivity index (χ1) is 12.9. The molecule has 0 bridgehead atoms. The maximum Gasteiger partial charge on any atom is 0.333 e. The third-order valence-electron chi connectivity index (χ3n) is 5.07. The molecule has 2 heterocycles. The van der Waals surface area contributed by atoms with Gasteiger partial charge in [0.1, 0.15) is 6.61 Å². The molecule has 1 aromatic heterocycles. The third kappa shape index (κ3) is 3.03. The van der Waals surface area contributed by atoms with Gasteiger partial charge in [-0.05, 0) is 41.2 Å². The summed E-state index contributed by atoms with van der Waals surface area (Å²) < 4.78 is 26.5. The maximum absolute atomic E-state index is 12.9. The second-order valence-corrected chi connectivity index (χ2v) is 7.33. The number of aromatic nitrogens is 2. The van der Waals surface area contributed by atoms with E-state index in [9.17, 15) is 13.6 Å². The van der Waals surface area contributed by atoms with Crippen LogP contribution in [0.1, 0.15) is 24.1 Å². The monoisotopic (exact) mass is 413 g/mol. The lowest BCUT2D eigenvalue weighted by Gasteiger charge is -2.28. The Morgan fingerprint density at radius 2 is 2.15 bits per heavy atom. The number of nitrogens with zero attached hydrogens (tertiary/aromatic N) is 3. The molecule has 1 N–H and O–H groups in total. The van der Waals surface area contributed by atoms with Crippen molar-refractivity contribution in [2.24, 2.45) is 0 Å². The van der Waals surface area contributed by atoms with E-state index in [1.165, 1.54) is 12.4 Å². The summed E-state index contributed by atoms with van der Waals surface area (Å²) in [5.41, 5.74) is 4.92. The van der Waals surface area contributed by atoms with Crippen molar-refractivity contribution in [3.63, 3.8) is 0 Å². The second-order valence-electron chi connectivity index (χ2n) is 6.54. The number of amides is 1. The molecule has 2 aromatic rings. The lowest BCUT2D eigenvalue weighted by Crippen LogP contribution is -2.37. The van der Waals surface area contributed by atoms with Crippen molar-refractivity contribution in [2.45, 2.75) is 19.4 Å². The van der Waals surface area contributed by atoms with Gasteiger partial charge in [-0.2, -0.15) is 13.9 Å². The van der Waals surface area contributed by atoms with Crippen molar-refractivity contribution in [3.8, 4) is 11.1 Å². The van der Waals surface area contributed by atoms with Crippen molar-refractivity contribution in [2.75, 3.05) is 19.7 Å². The van der Waals surface area contributed by atoms with Crippen molar-refractivity contribution in [3.05, 3.63) is 45.2 Å². The lowest BCUT2D eigenvalue weighted by molar-refractivity contribution is -0.133. The summed E-state index contributed by atoms with van der Waals surface area (Å²) in [6.45, 7) is -2.42. The molecule has 4 rings (SSSR count). The van der Waals surface area contributed by atoms with E-state index in [1.54, 1.807) is 11.0 Å². The van der Waals surface area contributed by atoms with Crippen molar-refractivity contribution < 1.29 is 18.7 Å². The van der Waals surface area contributed by atoms with Crippen LogP contribution in [0, 0.1) is 0 Å². The predicted octanol–water partition coefficient (Wildman–Crippen LogP) is 3.79. The average Bonchev–Trinajstić information content (AvgIpc) is 3.29. The molecule has 5 nitrogen and oxygen atoms in total. The molecular formula is C18H15Cl2F2N3O2. The molecule has 1 amide bonds. The molecule has 0 fully saturated rings. The molecule has 0 radical (unpaired) electrons. The van der Waals surface area contributed by atoms with Gasteiger partial charge in [-0.3, -0.25) is 4.79 Å². The number of carbonyl (C=O) groups is 1. The first-order valence-corrected chi connectivity index (χ1v) is 9.09. The van der Waals surface area contributed by atoms with Gasteiger partial charge in [0.25, 0.3) is 0 Å². The van der Waals surface area contributed by atoms with Crippen LogP contribution in [0.2, 0.25) is 10.0 Å². The summed E-state index contributed by atoms with van der Waals surface area (Å²) >= 11 is 12.7. The largest absolute Gasteiger partial charge is 0.387 e. The maximum atomic E-state index is 12.9. The summed E-state index contributed by atoms with van der Waals surface area (Å²) in [5, 5.41) is 13.7. The van der Waals surface area contributed by atoms with Crippen LogP contribution in [0.3, 0.4) is 0 Å². The van der Waals surface area contributed by atoms with Gasteiger partial charge in [-0.1, -0.05) is 28.8 Å². The van der Waals surface area contributed by atoms with E-state index in [1.807, 2.05) is 0 Å². The molecule has 0 saturated heterocycles. The number of aliphatic hydroxyl groups is 1. The highest BCUT2D eigenvalue weighted by Gasteiger charge is 2.33. The van der Waals surface area contributed by atoms with Crippen molar-refractivity contribution in [1.29, 1.82) is 0 Å². The van der Waals surface area contributed by atoms with Crippen LogP contribution in [0.15, 0.2) is 24.0 Å². The Morgan fingerprint density at radius 1 is 1.37 bits per heavy atom. The lowest BCUT2D eigenvalue weighted by atomic mass is 9.93. The number of benzene rings is 1. The molecule has 0 atom stereocenters. The quantitative estimate of drug-likeness (QED) is 0.832. The first-order valence-electron chi connectivity index (χ1n) is 8.34. The molecule has 0 saturated carbocycles. The number of carbonyl (C=O) groups excluding carboxylic acids is 1. The van der Waals surface area contributed by atoms with Crippen molar-refractivity contribution >= 4 is 34.7 Å². The summed E-state index contributed by atoms with van der Waals surface area (Å²) in [5.74, 6) is -0.345. The number of hydrogen-bond donors (Lipinski definition) is 1. The predicted molar refractivity (Wildman–Crippen MR) is 97.8 cm³/mol. The number of halogens is 4. The highest BCUT2D eigenvalue weighted by atomic mass is 35.5. The number of aliphatic hydroxyl groups excluding tert-OH is 1. The molecule has 142 valence electrons. The van der Waals surface area contributed by atoms with E-state index < -0.39 is 13.2 Å². The Balaban J connectivity index is 1.84. The standard InChI is InChI=1S/C18H15Cl2F2N3O2/c19-14-4-11(10-5-23-25(6-10)18(21)22)16-12(17(14)20)3-9-1-2-24(7-13(9)16)15(27)8-26/h4-6,18,26H,1-3,7-8H2. The topological polar surface area (TPSA) is 58.4 Å². The molecule has 27 heavy (non-hydrogen) atoms. The minimum absolute atomic E-state index is 0.343. The molecule has 0 unspecified atom stereocenters. The highest BCUT2D eigenvalue weighted by Crippen LogP contribution is 2.47. The molecule has 1 aliphatic heterocycles. The van der Waals surface area contributed by atoms with Crippen LogP contribution >= 0.6 is 23.2 Å². The molecule has 9 heteroatoms. The third-order valence-corrected chi connectivity index (χ3v) is 5.89. The Labute approximate surface area is 163 Å². The van der Waals surface area contributed by atoms with Gasteiger partial charge < -0.3 is 10.0 Å². The number of fused-ring (bicyclic) bond motifs is 2. The Bertz CT molecular complexity index is 972. The zero-order chi connectivity index (χ0) is 19.3. The Kier molecular flexibility index (Phi) is 4.70. The van der Waals surface area contributed by atoms with Gasteiger partial charge in [0.15, 0.2) is 0 Å². The molecule has 0 spiro atoms. The van der Waals surface area contributed by atoms with Crippen LogP contribution in [0.4, 0.5) is 8.78 Å². The average molecular weight is 414 g/mol. The molecule has 1 aliphatic carbocycles. The smallest absolute Gasteiger partial charge is 0.333 e. The van der Waals surface area contributed by atoms with Crippen molar-refractivity contribution in [1.82, 2.24) is 14.7 Å². The number of rotatable bonds is 3. The second kappa shape index (κ2) is 6.89. The highest BCUT2D eigenvalue weighted by molar-refractivity contribution is 6.43. The van der Waals surface area contributed by atoms with Gasteiger partial charge in [0.05, 0.1) is 16.2 Å². The molecule has 2 aliphatic rings. The van der Waals surface area contributed by atoms with E-state index >= 15 is 0 Å². The fourth-order valence-corrected chi connectivity index (χ4v) is 4.22. The SMILES string of the molecule is O=C(CO)N1CCC2=C(C1)c1c(-c3cnn(C(F)F)c3)cc(Cl)c(Cl)c1C2. The Hall–Kier alpha value is -1.96. The van der Waals surface area contributed by atoms with Gasteiger partial charge in [0.2, 0.25) is 5.91 Å². The normalized spacial score (nSPS) is 16.1. The zero-order valence-electron chi connectivity index (χ0n) is 14.1.